The number of hydrogen-bond donors (Lipinski definition) is 1. The van der Waals surface area contributed by atoms with Crippen LogP contribution in [0.2, 0.25) is 0 Å². The molecule has 2 rings (SSSR count). The van der Waals surface area contributed by atoms with Gasteiger partial charge < -0.3 is 9.47 Å². The number of carbonyl (C=O) groups is 1. The first-order valence-corrected chi connectivity index (χ1v) is 8.06. The molecule has 0 radical (unpaired) electrons. The van der Waals surface area contributed by atoms with Gasteiger partial charge in [-0.25, -0.2) is 4.79 Å². The van der Waals surface area contributed by atoms with Crippen molar-refractivity contribution in [1.29, 1.82) is 0 Å². The van der Waals surface area contributed by atoms with Gasteiger partial charge in [-0.3, -0.25) is 10.2 Å². The summed E-state index contributed by atoms with van der Waals surface area (Å²) < 4.78 is 10.8. The second-order valence-corrected chi connectivity index (χ2v) is 5.85. The lowest BCUT2D eigenvalue weighted by Crippen LogP contribution is -2.33. The van der Waals surface area contributed by atoms with Gasteiger partial charge >= 0.3 is 6.09 Å². The van der Waals surface area contributed by atoms with Crippen LogP contribution in [0.4, 0.5) is 10.5 Å². The van der Waals surface area contributed by atoms with Crippen LogP contribution in [0.3, 0.4) is 0 Å². The van der Waals surface area contributed by atoms with Crippen LogP contribution in [-0.4, -0.2) is 43.3 Å². The lowest BCUT2D eigenvalue weighted by molar-refractivity contribution is 0.131. The first kappa shape index (κ1) is 16.6. The molecule has 22 heavy (non-hydrogen) atoms. The number of anilines is 1. The Kier molecular flexibility index (Phi) is 6.52. The molecular formula is C17H26N2O3. The number of hydrogen-bond acceptors (Lipinski definition) is 4. The maximum absolute atomic E-state index is 11.7. The summed E-state index contributed by atoms with van der Waals surface area (Å²) in [6, 6.07) is 7.29. The fourth-order valence-electron chi connectivity index (χ4n) is 2.49. The molecule has 1 aliphatic rings. The van der Waals surface area contributed by atoms with Gasteiger partial charge in [0.25, 0.3) is 0 Å². The van der Waals surface area contributed by atoms with Gasteiger partial charge in [-0.2, -0.15) is 0 Å². The molecular weight excluding hydrogens is 280 g/mol. The number of amides is 1. The molecule has 0 saturated carbocycles. The normalized spacial score (nSPS) is 15.6. The Bertz CT molecular complexity index is 453. The quantitative estimate of drug-likeness (QED) is 0.874. The van der Waals surface area contributed by atoms with Crippen molar-refractivity contribution in [3.05, 3.63) is 24.3 Å². The summed E-state index contributed by atoms with van der Waals surface area (Å²) in [6.07, 6.45) is 3.54. The minimum absolute atomic E-state index is 0.138. The zero-order valence-corrected chi connectivity index (χ0v) is 13.5. The third kappa shape index (κ3) is 5.93. The molecule has 1 aromatic carbocycles. The van der Waals surface area contributed by atoms with Crippen LogP contribution in [0, 0.1) is 0 Å². The first-order valence-electron chi connectivity index (χ1n) is 8.06. The van der Waals surface area contributed by atoms with Gasteiger partial charge in [0.1, 0.15) is 12.4 Å². The molecule has 0 spiro atoms. The molecule has 1 aromatic rings. The highest BCUT2D eigenvalue weighted by atomic mass is 16.5. The molecule has 0 bridgehead atoms. The van der Waals surface area contributed by atoms with Gasteiger partial charge in [0.05, 0.1) is 6.10 Å². The number of piperidine rings is 1. The Labute approximate surface area is 132 Å². The molecule has 1 N–H and O–H groups in total. The summed E-state index contributed by atoms with van der Waals surface area (Å²) in [5, 5.41) is 2.72. The lowest BCUT2D eigenvalue weighted by Gasteiger charge is -2.25. The second kappa shape index (κ2) is 8.63. The lowest BCUT2D eigenvalue weighted by atomic mass is 10.1. The molecule has 1 saturated heterocycles. The molecule has 1 aliphatic heterocycles. The maximum atomic E-state index is 11.7. The molecule has 0 atom stereocenters. The van der Waals surface area contributed by atoms with Gasteiger partial charge in [-0.1, -0.05) is 6.42 Å². The van der Waals surface area contributed by atoms with Crippen LogP contribution in [0.25, 0.3) is 0 Å². The molecule has 1 heterocycles. The summed E-state index contributed by atoms with van der Waals surface area (Å²) >= 11 is 0. The molecule has 0 unspecified atom stereocenters. The zero-order chi connectivity index (χ0) is 15.8. The Morgan fingerprint density at radius 3 is 2.50 bits per heavy atom. The van der Waals surface area contributed by atoms with Gasteiger partial charge in [0.15, 0.2) is 0 Å². The third-order valence-electron chi connectivity index (χ3n) is 3.56. The van der Waals surface area contributed by atoms with E-state index in [1.807, 2.05) is 38.1 Å². The maximum Gasteiger partial charge on any atom is 0.411 e. The second-order valence-electron chi connectivity index (χ2n) is 5.85. The van der Waals surface area contributed by atoms with E-state index in [0.717, 1.165) is 25.4 Å². The van der Waals surface area contributed by atoms with E-state index in [0.29, 0.717) is 12.3 Å². The van der Waals surface area contributed by atoms with Crippen LogP contribution in [0.15, 0.2) is 24.3 Å². The number of carbonyl (C=O) groups excluding carboxylic acids is 1. The highest BCUT2D eigenvalue weighted by molar-refractivity contribution is 5.84. The summed E-state index contributed by atoms with van der Waals surface area (Å²) in [7, 11) is 0. The van der Waals surface area contributed by atoms with Crippen LogP contribution >= 0.6 is 0 Å². The van der Waals surface area contributed by atoms with E-state index >= 15 is 0 Å². The minimum Gasteiger partial charge on any atom is -0.491 e. The van der Waals surface area contributed by atoms with Crippen LogP contribution in [0.5, 0.6) is 5.75 Å². The van der Waals surface area contributed by atoms with E-state index in [9.17, 15) is 4.79 Å². The van der Waals surface area contributed by atoms with Crippen LogP contribution in [-0.2, 0) is 4.74 Å². The van der Waals surface area contributed by atoms with Crippen LogP contribution in [0.1, 0.15) is 33.1 Å². The third-order valence-corrected chi connectivity index (χ3v) is 3.56. The van der Waals surface area contributed by atoms with Crippen molar-refractivity contribution in [2.24, 2.45) is 0 Å². The minimum atomic E-state index is -0.408. The largest absolute Gasteiger partial charge is 0.491 e. The number of nitrogens with one attached hydrogen (secondary N) is 1. The van der Waals surface area contributed by atoms with Crippen molar-refractivity contribution in [3.8, 4) is 5.75 Å². The van der Waals surface area contributed by atoms with E-state index in [4.69, 9.17) is 9.47 Å². The number of rotatable bonds is 6. The van der Waals surface area contributed by atoms with Crippen molar-refractivity contribution in [3.63, 3.8) is 0 Å². The van der Waals surface area contributed by atoms with Crippen molar-refractivity contribution in [2.75, 3.05) is 31.6 Å². The summed E-state index contributed by atoms with van der Waals surface area (Å²) in [4.78, 5) is 14.1. The monoisotopic (exact) mass is 306 g/mol. The Balaban J connectivity index is 1.67. The Morgan fingerprint density at radius 2 is 1.86 bits per heavy atom. The number of ether oxygens (including phenoxy) is 2. The number of benzene rings is 1. The highest BCUT2D eigenvalue weighted by Gasteiger charge is 2.10. The number of likely N-dealkylation sites (tertiary alicyclic amines) is 1. The van der Waals surface area contributed by atoms with Crippen molar-refractivity contribution in [2.45, 2.75) is 39.2 Å². The summed E-state index contributed by atoms with van der Waals surface area (Å²) in [6.45, 7) is 7.43. The van der Waals surface area contributed by atoms with Crippen molar-refractivity contribution >= 4 is 11.8 Å². The van der Waals surface area contributed by atoms with Gasteiger partial charge in [-0.05, 0) is 64.0 Å². The standard InChI is InChI=1S/C17H26N2O3/c1-14(2)22-16-8-6-15(7-9-16)18-17(20)21-13-12-19-10-4-3-5-11-19/h6-9,14H,3-5,10-13H2,1-2H3,(H,18,20). The van der Waals surface area contributed by atoms with Gasteiger partial charge in [-0.15, -0.1) is 0 Å². The van der Waals surface area contributed by atoms with E-state index in [1.165, 1.54) is 19.3 Å². The molecule has 122 valence electrons. The molecule has 1 amide bonds. The average Bonchev–Trinajstić information content (AvgIpc) is 2.50. The molecule has 5 heteroatoms. The van der Waals surface area contributed by atoms with E-state index in [-0.39, 0.29) is 6.10 Å². The molecule has 0 aromatic heterocycles. The fourth-order valence-corrected chi connectivity index (χ4v) is 2.49. The van der Waals surface area contributed by atoms with Crippen molar-refractivity contribution in [1.82, 2.24) is 4.90 Å². The average molecular weight is 306 g/mol. The van der Waals surface area contributed by atoms with Gasteiger partial charge in [0, 0.05) is 12.2 Å². The van der Waals surface area contributed by atoms with Crippen LogP contribution < -0.4 is 10.1 Å². The SMILES string of the molecule is CC(C)Oc1ccc(NC(=O)OCCN2CCCCC2)cc1. The predicted octanol–water partition coefficient (Wildman–Crippen LogP) is 3.51. The summed E-state index contributed by atoms with van der Waals surface area (Å²) in [5.41, 5.74) is 0.707. The number of nitrogens with zero attached hydrogens (tertiary/aromatic N) is 1. The summed E-state index contributed by atoms with van der Waals surface area (Å²) in [5.74, 6) is 0.791. The fraction of sp³-hybridized carbons (Fsp3) is 0.588. The topological polar surface area (TPSA) is 50.8 Å². The van der Waals surface area contributed by atoms with Gasteiger partial charge in [0.2, 0.25) is 0 Å². The molecule has 0 aliphatic carbocycles. The highest BCUT2D eigenvalue weighted by Crippen LogP contribution is 2.17. The molecule has 1 fully saturated rings. The zero-order valence-electron chi connectivity index (χ0n) is 13.5. The van der Waals surface area contributed by atoms with Crippen molar-refractivity contribution < 1.29 is 14.3 Å². The van der Waals surface area contributed by atoms with E-state index < -0.39 is 6.09 Å². The van der Waals surface area contributed by atoms with E-state index in [2.05, 4.69) is 10.2 Å². The molecule has 5 nitrogen and oxygen atoms in total. The smallest absolute Gasteiger partial charge is 0.411 e. The Morgan fingerprint density at radius 1 is 1.18 bits per heavy atom. The van der Waals surface area contributed by atoms with E-state index in [1.54, 1.807) is 0 Å². The Hall–Kier alpha value is -1.75. The predicted molar refractivity (Wildman–Crippen MR) is 87.5 cm³/mol. The first-order chi connectivity index (χ1) is 10.6.